The van der Waals surface area contributed by atoms with Crippen LogP contribution in [-0.2, 0) is 28.9 Å². The summed E-state index contributed by atoms with van der Waals surface area (Å²) in [6.07, 6.45) is 1.88. The normalized spacial score (nSPS) is 19.9. The summed E-state index contributed by atoms with van der Waals surface area (Å²) in [5, 5.41) is 5.17. The quantitative estimate of drug-likeness (QED) is 0.534. The third kappa shape index (κ3) is 4.68. The molecule has 0 spiro atoms. The number of aryl methyl sites for hydroxylation is 2. The van der Waals surface area contributed by atoms with E-state index < -0.39 is 45.2 Å². The largest absolute Gasteiger partial charge is 0.463 e. The highest BCUT2D eigenvalue weighted by Crippen LogP contribution is 2.42. The van der Waals surface area contributed by atoms with E-state index >= 15 is 0 Å². The number of hydrogen-bond acceptors (Lipinski definition) is 7. The minimum atomic E-state index is -4.05. The van der Waals surface area contributed by atoms with E-state index in [9.17, 15) is 22.8 Å². The lowest BCUT2D eigenvalue weighted by Crippen LogP contribution is -2.51. The van der Waals surface area contributed by atoms with Crippen molar-refractivity contribution in [1.29, 1.82) is 0 Å². The van der Waals surface area contributed by atoms with Gasteiger partial charge in [-0.1, -0.05) is 31.9 Å². The van der Waals surface area contributed by atoms with Crippen LogP contribution in [0.1, 0.15) is 57.1 Å². The summed E-state index contributed by atoms with van der Waals surface area (Å²) in [5.74, 6) is -1.51. The Morgan fingerprint density at radius 1 is 1.12 bits per heavy atom. The fraction of sp³-hybridized carbons (Fsp3) is 0.542. The van der Waals surface area contributed by atoms with Crippen molar-refractivity contribution in [2.75, 3.05) is 13.2 Å². The molecule has 0 aromatic heterocycles. The second-order valence-corrected chi connectivity index (χ2v) is 11.0. The third-order valence-electron chi connectivity index (χ3n) is 6.43. The van der Waals surface area contributed by atoms with Crippen LogP contribution in [0.2, 0.25) is 0 Å². The SMILES string of the molecule is CCOC(=O)C1=C(COC(=O)C2(S(=O)(=O)c3cc(C)ccc3C)CCCC2)NC(=O)NC1CC. The molecule has 1 aromatic rings. The van der Waals surface area contributed by atoms with Crippen molar-refractivity contribution in [3.63, 3.8) is 0 Å². The molecule has 1 unspecified atom stereocenters. The zero-order chi connectivity index (χ0) is 25.1. The maximum atomic E-state index is 13.8. The topological polar surface area (TPSA) is 128 Å². The van der Waals surface area contributed by atoms with Gasteiger partial charge >= 0.3 is 18.0 Å². The predicted molar refractivity (Wildman–Crippen MR) is 125 cm³/mol. The number of esters is 2. The zero-order valence-corrected chi connectivity index (χ0v) is 20.8. The van der Waals surface area contributed by atoms with E-state index in [1.165, 1.54) is 0 Å². The first kappa shape index (κ1) is 25.7. The summed E-state index contributed by atoms with van der Waals surface area (Å²) < 4.78 is 36.5. The highest BCUT2D eigenvalue weighted by atomic mass is 32.2. The van der Waals surface area contributed by atoms with Gasteiger partial charge in [-0.2, -0.15) is 0 Å². The van der Waals surface area contributed by atoms with Gasteiger partial charge in [0.05, 0.1) is 28.8 Å². The van der Waals surface area contributed by atoms with Crippen LogP contribution in [-0.4, -0.2) is 50.4 Å². The Labute approximate surface area is 200 Å². The second-order valence-electron chi connectivity index (χ2n) is 8.72. The number of amides is 2. The Kier molecular flexibility index (Phi) is 7.70. The molecule has 0 saturated heterocycles. The molecule has 0 radical (unpaired) electrons. The Balaban J connectivity index is 1.95. The summed E-state index contributed by atoms with van der Waals surface area (Å²) in [6.45, 7) is 6.65. The van der Waals surface area contributed by atoms with Crippen LogP contribution >= 0.6 is 0 Å². The molecular formula is C24H32N2O7S. The molecule has 2 aliphatic rings. The average Bonchev–Trinajstić information content (AvgIpc) is 3.30. The monoisotopic (exact) mass is 492 g/mol. The minimum Gasteiger partial charge on any atom is -0.463 e. The fourth-order valence-electron chi connectivity index (χ4n) is 4.58. The first-order valence-electron chi connectivity index (χ1n) is 11.5. The van der Waals surface area contributed by atoms with Gasteiger partial charge in [-0.05, 0) is 57.2 Å². The summed E-state index contributed by atoms with van der Waals surface area (Å²) in [7, 11) is -4.05. The van der Waals surface area contributed by atoms with Gasteiger partial charge in [0, 0.05) is 0 Å². The Hall–Kier alpha value is -2.88. The van der Waals surface area contributed by atoms with Gasteiger partial charge < -0.3 is 20.1 Å². The van der Waals surface area contributed by atoms with Crippen LogP contribution in [0.25, 0.3) is 0 Å². The van der Waals surface area contributed by atoms with E-state index in [1.54, 1.807) is 39.8 Å². The molecule has 1 aromatic carbocycles. The average molecular weight is 493 g/mol. The molecule has 1 fully saturated rings. The molecule has 9 nitrogen and oxygen atoms in total. The van der Waals surface area contributed by atoms with Crippen LogP contribution in [0.3, 0.4) is 0 Å². The molecule has 186 valence electrons. The number of hydrogen-bond donors (Lipinski definition) is 2. The predicted octanol–water partition coefficient (Wildman–Crippen LogP) is 2.84. The molecule has 1 atom stereocenters. The summed E-state index contributed by atoms with van der Waals surface area (Å²) in [4.78, 5) is 38.2. The molecule has 1 aliphatic heterocycles. The van der Waals surface area contributed by atoms with E-state index in [0.717, 1.165) is 5.56 Å². The molecule has 3 rings (SSSR count). The number of urea groups is 1. The molecule has 34 heavy (non-hydrogen) atoms. The molecule has 2 N–H and O–H groups in total. The van der Waals surface area contributed by atoms with E-state index in [2.05, 4.69) is 10.6 Å². The van der Waals surface area contributed by atoms with E-state index in [0.29, 0.717) is 24.8 Å². The molecule has 1 aliphatic carbocycles. The molecule has 1 saturated carbocycles. The third-order valence-corrected chi connectivity index (χ3v) is 9.05. The highest BCUT2D eigenvalue weighted by Gasteiger charge is 2.55. The van der Waals surface area contributed by atoms with E-state index in [1.807, 2.05) is 6.07 Å². The van der Waals surface area contributed by atoms with Gasteiger partial charge in [-0.15, -0.1) is 0 Å². The number of carbonyl (C=O) groups excluding carboxylic acids is 3. The van der Waals surface area contributed by atoms with Crippen LogP contribution < -0.4 is 10.6 Å². The van der Waals surface area contributed by atoms with Crippen molar-refractivity contribution in [2.45, 2.75) is 75.5 Å². The first-order valence-corrected chi connectivity index (χ1v) is 13.0. The lowest BCUT2D eigenvalue weighted by Gasteiger charge is -2.30. The molecule has 2 amide bonds. The highest BCUT2D eigenvalue weighted by molar-refractivity contribution is 7.93. The number of sulfone groups is 1. The summed E-state index contributed by atoms with van der Waals surface area (Å²) in [6, 6.07) is 3.98. The Morgan fingerprint density at radius 2 is 1.79 bits per heavy atom. The maximum Gasteiger partial charge on any atom is 0.338 e. The lowest BCUT2D eigenvalue weighted by atomic mass is 10.0. The van der Waals surface area contributed by atoms with Crippen molar-refractivity contribution >= 4 is 27.8 Å². The molecule has 10 heteroatoms. The number of nitrogens with one attached hydrogen (secondary N) is 2. The number of benzene rings is 1. The van der Waals surface area contributed by atoms with Crippen LogP contribution in [0.5, 0.6) is 0 Å². The van der Waals surface area contributed by atoms with Gasteiger partial charge in [0.1, 0.15) is 6.61 Å². The van der Waals surface area contributed by atoms with Crippen molar-refractivity contribution in [3.05, 3.63) is 40.6 Å². The number of ether oxygens (including phenoxy) is 2. The van der Waals surface area contributed by atoms with Gasteiger partial charge in [-0.25, -0.2) is 18.0 Å². The number of carbonyl (C=O) groups is 3. The van der Waals surface area contributed by atoms with Gasteiger partial charge in [0.25, 0.3) is 0 Å². The summed E-state index contributed by atoms with van der Waals surface area (Å²) in [5.41, 5.74) is 1.60. The van der Waals surface area contributed by atoms with Crippen molar-refractivity contribution < 1.29 is 32.3 Å². The molecular weight excluding hydrogens is 460 g/mol. The Bertz CT molecular complexity index is 1120. The smallest absolute Gasteiger partial charge is 0.338 e. The second kappa shape index (κ2) is 10.2. The zero-order valence-electron chi connectivity index (χ0n) is 20.0. The van der Waals surface area contributed by atoms with Gasteiger partial charge in [0.2, 0.25) is 0 Å². The first-order chi connectivity index (χ1) is 16.1. The number of rotatable bonds is 8. The van der Waals surface area contributed by atoms with Crippen molar-refractivity contribution in [2.24, 2.45) is 0 Å². The molecule has 0 bridgehead atoms. The van der Waals surface area contributed by atoms with Crippen LogP contribution in [0, 0.1) is 13.8 Å². The van der Waals surface area contributed by atoms with Crippen molar-refractivity contribution in [1.82, 2.24) is 10.6 Å². The van der Waals surface area contributed by atoms with Crippen LogP contribution in [0.15, 0.2) is 34.4 Å². The minimum absolute atomic E-state index is 0.0969. The fourth-order valence-corrected chi connectivity index (χ4v) is 6.94. The lowest BCUT2D eigenvalue weighted by molar-refractivity contribution is -0.146. The van der Waals surface area contributed by atoms with Gasteiger partial charge in [0.15, 0.2) is 14.6 Å². The van der Waals surface area contributed by atoms with Crippen LogP contribution in [0.4, 0.5) is 4.79 Å². The van der Waals surface area contributed by atoms with Gasteiger partial charge in [-0.3, -0.25) is 4.79 Å². The van der Waals surface area contributed by atoms with E-state index in [4.69, 9.17) is 9.47 Å². The Morgan fingerprint density at radius 3 is 2.41 bits per heavy atom. The maximum absolute atomic E-state index is 13.8. The van der Waals surface area contributed by atoms with Crippen molar-refractivity contribution in [3.8, 4) is 0 Å². The molecule has 1 heterocycles. The van der Waals surface area contributed by atoms with E-state index in [-0.39, 0.29) is 35.6 Å². The summed E-state index contributed by atoms with van der Waals surface area (Å²) >= 11 is 0. The standard InChI is InChI=1S/C24H32N2O7S/c1-5-17-20(21(27)32-6-2)18(26-23(29)25-17)14-33-22(28)24(11-7-8-12-24)34(30,31)19-13-15(3)9-10-16(19)4/h9-10,13,17H,5-8,11-12,14H2,1-4H3,(H2,25,26,29).